The first-order valence-corrected chi connectivity index (χ1v) is 9.28. The number of fused-ring (bicyclic) bond motifs is 1. The van der Waals surface area contributed by atoms with Crippen LogP contribution in [0.1, 0.15) is 41.0 Å². The van der Waals surface area contributed by atoms with Crippen molar-refractivity contribution >= 4 is 17.9 Å². The molecule has 0 aromatic heterocycles. The topological polar surface area (TPSA) is 47.9 Å². The molecule has 1 fully saturated rings. The van der Waals surface area contributed by atoms with Crippen molar-refractivity contribution in [2.24, 2.45) is 0 Å². The molecule has 0 aliphatic carbocycles. The second-order valence-electron chi connectivity index (χ2n) is 8.52. The van der Waals surface area contributed by atoms with Gasteiger partial charge in [0.1, 0.15) is 12.4 Å². The van der Waals surface area contributed by atoms with E-state index < -0.39 is 5.60 Å². The fourth-order valence-electron chi connectivity index (χ4n) is 3.08. The van der Waals surface area contributed by atoms with E-state index in [1.807, 2.05) is 58.0 Å². The van der Waals surface area contributed by atoms with Gasteiger partial charge in [-0.25, -0.2) is 0 Å². The van der Waals surface area contributed by atoms with Crippen LogP contribution in [0.25, 0.3) is 10.8 Å². The summed E-state index contributed by atoms with van der Waals surface area (Å²) in [6.07, 6.45) is 1.17. The van der Waals surface area contributed by atoms with E-state index in [-0.39, 0.29) is 24.9 Å². The Bertz CT molecular complexity index is 753. The van der Waals surface area contributed by atoms with Crippen molar-refractivity contribution in [3.05, 3.63) is 42.5 Å². The number of hydrogen-bond donors (Lipinski definition) is 1. The van der Waals surface area contributed by atoms with Gasteiger partial charge >= 0.3 is 7.12 Å². The number of hydrogen-bond acceptors (Lipinski definition) is 4. The van der Waals surface area contributed by atoms with Crippen LogP contribution >= 0.6 is 0 Å². The average molecular weight is 356 g/mol. The number of ether oxygens (including phenoxy) is 1. The van der Waals surface area contributed by atoms with Gasteiger partial charge in [-0.15, -0.1) is 0 Å². The summed E-state index contributed by atoms with van der Waals surface area (Å²) in [4.78, 5) is 0. The molecule has 0 bridgehead atoms. The molecule has 4 nitrogen and oxygen atoms in total. The zero-order valence-electron chi connectivity index (χ0n) is 16.4. The molecule has 26 heavy (non-hydrogen) atoms. The van der Waals surface area contributed by atoms with Crippen molar-refractivity contribution in [3.63, 3.8) is 0 Å². The highest BCUT2D eigenvalue weighted by molar-refractivity contribution is 6.45. The molecule has 1 unspecified atom stereocenters. The van der Waals surface area contributed by atoms with Gasteiger partial charge in [-0.3, -0.25) is 0 Å². The van der Waals surface area contributed by atoms with Crippen molar-refractivity contribution in [2.45, 2.75) is 64.2 Å². The fraction of sp³-hybridized carbons (Fsp3) is 0.524. The van der Waals surface area contributed by atoms with Gasteiger partial charge < -0.3 is 19.2 Å². The summed E-state index contributed by atoms with van der Waals surface area (Å²) in [5.41, 5.74) is -1.63. The van der Waals surface area contributed by atoms with Crippen LogP contribution in [-0.2, 0) is 9.31 Å². The van der Waals surface area contributed by atoms with Crippen molar-refractivity contribution in [1.29, 1.82) is 0 Å². The van der Waals surface area contributed by atoms with Crippen LogP contribution < -0.4 is 4.74 Å². The minimum atomic E-state index is -0.949. The summed E-state index contributed by atoms with van der Waals surface area (Å²) in [7, 11) is -0.299. The van der Waals surface area contributed by atoms with Crippen LogP contribution in [0.4, 0.5) is 0 Å². The number of aliphatic hydroxyl groups is 1. The first-order chi connectivity index (χ1) is 12.1. The maximum atomic E-state index is 10.7. The second-order valence-corrected chi connectivity index (χ2v) is 8.52. The molecule has 1 aliphatic rings. The monoisotopic (exact) mass is 356 g/mol. The maximum Gasteiger partial charge on any atom is 0.457 e. The van der Waals surface area contributed by atoms with Gasteiger partial charge in [0, 0.05) is 0 Å². The van der Waals surface area contributed by atoms with Gasteiger partial charge in [0.2, 0.25) is 0 Å². The molecule has 1 N–H and O–H groups in total. The normalized spacial score (nSPS) is 20.9. The van der Waals surface area contributed by atoms with Gasteiger partial charge in [-0.1, -0.05) is 30.3 Å². The minimum absolute atomic E-state index is 0.227. The SMILES string of the molecule is CC(O)(CCB1OC(C)(C)C(C)(C)O1)COc1ccc2ccccc2c1. The van der Waals surface area contributed by atoms with Crippen LogP contribution in [0, 0.1) is 0 Å². The highest BCUT2D eigenvalue weighted by Gasteiger charge is 2.51. The smallest absolute Gasteiger partial charge is 0.457 e. The van der Waals surface area contributed by atoms with Crippen molar-refractivity contribution in [3.8, 4) is 5.75 Å². The average Bonchev–Trinajstić information content (AvgIpc) is 2.78. The lowest BCUT2D eigenvalue weighted by Gasteiger charge is -2.32. The summed E-state index contributed by atoms with van der Waals surface area (Å²) < 4.78 is 17.8. The van der Waals surface area contributed by atoms with Crippen LogP contribution in [0.15, 0.2) is 42.5 Å². The summed E-state index contributed by atoms with van der Waals surface area (Å²) in [5.74, 6) is 0.764. The van der Waals surface area contributed by atoms with Crippen molar-refractivity contribution < 1.29 is 19.2 Å². The first kappa shape index (κ1) is 19.2. The van der Waals surface area contributed by atoms with E-state index in [9.17, 15) is 5.11 Å². The molecule has 140 valence electrons. The van der Waals surface area contributed by atoms with Crippen molar-refractivity contribution in [1.82, 2.24) is 0 Å². The Morgan fingerprint density at radius 2 is 1.62 bits per heavy atom. The molecule has 1 atom stereocenters. The van der Waals surface area contributed by atoms with E-state index in [0.29, 0.717) is 12.7 Å². The minimum Gasteiger partial charge on any atom is -0.491 e. The number of benzene rings is 2. The number of rotatable bonds is 6. The molecule has 2 aromatic rings. The molecule has 0 saturated carbocycles. The highest BCUT2D eigenvalue weighted by Crippen LogP contribution is 2.38. The molecule has 0 radical (unpaired) electrons. The van der Waals surface area contributed by atoms with Gasteiger partial charge in [-0.05, 0) is 70.3 Å². The Kier molecular flexibility index (Phi) is 5.08. The third-order valence-corrected chi connectivity index (χ3v) is 5.49. The Labute approximate surface area is 156 Å². The molecule has 1 saturated heterocycles. The van der Waals surface area contributed by atoms with Crippen LogP contribution in [-0.4, -0.2) is 35.6 Å². The molecule has 2 aromatic carbocycles. The van der Waals surface area contributed by atoms with E-state index in [4.69, 9.17) is 14.0 Å². The lowest BCUT2D eigenvalue weighted by Crippen LogP contribution is -2.41. The predicted molar refractivity (Wildman–Crippen MR) is 106 cm³/mol. The zero-order valence-corrected chi connectivity index (χ0v) is 16.4. The molecule has 0 amide bonds. The Balaban J connectivity index is 1.54. The lowest BCUT2D eigenvalue weighted by atomic mass is 9.79. The predicted octanol–water partition coefficient (Wildman–Crippen LogP) is 4.45. The Hall–Kier alpha value is -1.56. The fourth-order valence-corrected chi connectivity index (χ4v) is 3.08. The van der Waals surface area contributed by atoms with E-state index in [0.717, 1.165) is 11.1 Å². The van der Waals surface area contributed by atoms with Crippen molar-refractivity contribution in [2.75, 3.05) is 6.61 Å². The third-order valence-electron chi connectivity index (χ3n) is 5.49. The summed E-state index contributed by atoms with van der Waals surface area (Å²) >= 11 is 0. The standard InChI is InChI=1S/C21H29BO4/c1-19(2)20(3,4)26-22(25-19)13-12-21(5,23)15-24-18-11-10-16-8-6-7-9-17(16)14-18/h6-11,14,23H,12-13,15H2,1-5H3. The van der Waals surface area contributed by atoms with Crippen LogP contribution in [0.5, 0.6) is 5.75 Å². The van der Waals surface area contributed by atoms with E-state index >= 15 is 0 Å². The molecular weight excluding hydrogens is 327 g/mol. The third kappa shape index (κ3) is 4.22. The molecule has 5 heteroatoms. The summed E-state index contributed by atoms with van der Waals surface area (Å²) in [6, 6.07) is 14.1. The van der Waals surface area contributed by atoms with E-state index in [1.54, 1.807) is 6.92 Å². The first-order valence-electron chi connectivity index (χ1n) is 9.28. The Morgan fingerprint density at radius 1 is 1.00 bits per heavy atom. The van der Waals surface area contributed by atoms with Gasteiger partial charge in [0.25, 0.3) is 0 Å². The molecular formula is C21H29BO4. The zero-order chi connectivity index (χ0) is 19.0. The summed E-state index contributed by atoms with van der Waals surface area (Å²) in [5, 5.41) is 13.0. The maximum absolute atomic E-state index is 10.7. The van der Waals surface area contributed by atoms with Gasteiger partial charge in [-0.2, -0.15) is 0 Å². The Morgan fingerprint density at radius 3 is 2.27 bits per heavy atom. The largest absolute Gasteiger partial charge is 0.491 e. The quantitative estimate of drug-likeness (QED) is 0.777. The molecule has 3 rings (SSSR count). The summed E-state index contributed by atoms with van der Waals surface area (Å²) in [6.45, 7) is 10.2. The molecule has 1 heterocycles. The molecule has 1 aliphatic heterocycles. The van der Waals surface area contributed by atoms with Gasteiger partial charge in [0.05, 0.1) is 16.8 Å². The second kappa shape index (κ2) is 6.88. The van der Waals surface area contributed by atoms with E-state index in [1.165, 1.54) is 5.39 Å². The lowest BCUT2D eigenvalue weighted by molar-refractivity contribution is 0.00578. The highest BCUT2D eigenvalue weighted by atomic mass is 16.7. The molecule has 0 spiro atoms. The van der Waals surface area contributed by atoms with Gasteiger partial charge in [0.15, 0.2) is 0 Å². The van der Waals surface area contributed by atoms with E-state index in [2.05, 4.69) is 12.1 Å². The van der Waals surface area contributed by atoms with Crippen LogP contribution in [0.3, 0.4) is 0 Å². The van der Waals surface area contributed by atoms with Crippen LogP contribution in [0.2, 0.25) is 6.32 Å².